The maximum Gasteiger partial charge on any atom is 0.410 e. The zero-order valence-electron chi connectivity index (χ0n) is 34.4. The summed E-state index contributed by atoms with van der Waals surface area (Å²) in [5.74, 6) is -0.783. The number of amides is 2. The number of aryl methyl sites for hydroxylation is 1. The van der Waals surface area contributed by atoms with Crippen LogP contribution in [0.25, 0.3) is 10.2 Å². The number of fused-ring (bicyclic) bond motifs is 1. The zero-order chi connectivity index (χ0) is 42.3. The minimum absolute atomic E-state index is 0.0346. The van der Waals surface area contributed by atoms with Gasteiger partial charge in [-0.2, -0.15) is 0 Å². The summed E-state index contributed by atoms with van der Waals surface area (Å²) in [6.07, 6.45) is 2.07. The smallest absolute Gasteiger partial charge is 0.410 e. The highest BCUT2D eigenvalue weighted by molar-refractivity contribution is 7.20. The number of thiazole rings is 2. The average Bonchev–Trinajstić information content (AvgIpc) is 3.95. The number of hydrogen-bond donors (Lipinski definition) is 2. The van der Waals surface area contributed by atoms with Crippen molar-refractivity contribution in [3.05, 3.63) is 79.7 Å². The van der Waals surface area contributed by atoms with Crippen LogP contribution in [0.5, 0.6) is 0 Å². The first-order valence-corrected chi connectivity index (χ1v) is 22.2. The predicted octanol–water partition coefficient (Wildman–Crippen LogP) is 7.33. The van der Waals surface area contributed by atoms with Crippen LogP contribution in [0.1, 0.15) is 96.2 Å². The fourth-order valence-corrected chi connectivity index (χ4v) is 9.68. The molecule has 2 aliphatic heterocycles. The van der Waals surface area contributed by atoms with E-state index in [1.54, 1.807) is 40.3 Å². The second kappa shape index (κ2) is 19.7. The first kappa shape index (κ1) is 44.1. The van der Waals surface area contributed by atoms with Gasteiger partial charge in [0.15, 0.2) is 22.5 Å². The molecule has 59 heavy (non-hydrogen) atoms. The van der Waals surface area contributed by atoms with Crippen LogP contribution in [0, 0.1) is 12.8 Å². The summed E-state index contributed by atoms with van der Waals surface area (Å²) in [7, 11) is 1.59. The minimum Gasteiger partial charge on any atom is -0.444 e. The van der Waals surface area contributed by atoms with E-state index < -0.39 is 23.7 Å². The van der Waals surface area contributed by atoms with E-state index in [4.69, 9.17) is 31.8 Å². The lowest BCUT2D eigenvalue weighted by Crippen LogP contribution is -2.42. The van der Waals surface area contributed by atoms with E-state index in [1.165, 1.54) is 11.3 Å². The Bertz CT molecular complexity index is 2110. The quantitative estimate of drug-likeness (QED) is 0.0534. The van der Waals surface area contributed by atoms with Gasteiger partial charge in [0.1, 0.15) is 5.60 Å². The van der Waals surface area contributed by atoms with E-state index in [2.05, 4.69) is 15.3 Å². The topological polar surface area (TPSA) is 169 Å². The zero-order valence-corrected chi connectivity index (χ0v) is 36.8. The van der Waals surface area contributed by atoms with E-state index in [0.717, 1.165) is 38.5 Å². The molecule has 3 atom stereocenters. The molecular formula is C43H54ClN7O6S2. The van der Waals surface area contributed by atoms with Gasteiger partial charge in [0.2, 0.25) is 5.91 Å². The maximum atomic E-state index is 14.5. The Morgan fingerprint density at radius 3 is 2.47 bits per heavy atom. The monoisotopic (exact) mass is 863 g/mol. The fourth-order valence-electron chi connectivity index (χ4n) is 7.46. The number of nitrogens with zero attached hydrogens (tertiary/aromatic N) is 5. The molecule has 0 saturated carbocycles. The summed E-state index contributed by atoms with van der Waals surface area (Å²) in [6.45, 7) is 9.70. The molecule has 316 valence electrons. The number of aromatic nitrogens is 2. The standard InChI is InChI=1S/C43H54ClN7O6S2/c1-26-33(49-39(58-26)28-16-19-50(20-17-28)42(55)57-43(2,3)4)23-37(53)51-24-31(56-25-27-12-14-30(44)15-13-27)22-34(51)35(52)21-29(9-8-18-47-41(45)46-5)38(54)40-48-32-10-6-7-11-36(32)59-40/h6-7,10-15,28-29,31,34H,8-9,16-25H2,1-5H3,(H3,45,46,47)/t29-,31-,34+/m1/s1. The lowest BCUT2D eigenvalue weighted by molar-refractivity contribution is -0.137. The van der Waals surface area contributed by atoms with Gasteiger partial charge >= 0.3 is 6.09 Å². The van der Waals surface area contributed by atoms with Crippen molar-refractivity contribution in [1.29, 1.82) is 0 Å². The number of nitrogens with one attached hydrogen (secondary N) is 1. The molecule has 0 spiro atoms. The third kappa shape index (κ3) is 11.9. The van der Waals surface area contributed by atoms with Gasteiger partial charge < -0.3 is 30.3 Å². The Balaban J connectivity index is 1.17. The van der Waals surface area contributed by atoms with Gasteiger partial charge in [0, 0.05) is 67.8 Å². The van der Waals surface area contributed by atoms with Crippen molar-refractivity contribution < 1.29 is 28.7 Å². The summed E-state index contributed by atoms with van der Waals surface area (Å²) in [5, 5.41) is 4.97. The Morgan fingerprint density at radius 2 is 1.78 bits per heavy atom. The summed E-state index contributed by atoms with van der Waals surface area (Å²) in [6, 6.07) is 14.2. The number of para-hydroxylation sites is 1. The van der Waals surface area contributed by atoms with Crippen molar-refractivity contribution >= 4 is 74.0 Å². The Morgan fingerprint density at radius 1 is 1.05 bits per heavy atom. The Labute approximate surface area is 358 Å². The van der Waals surface area contributed by atoms with Gasteiger partial charge in [-0.05, 0) is 83.2 Å². The average molecular weight is 865 g/mol. The molecule has 3 N–H and O–H groups in total. The third-order valence-corrected chi connectivity index (χ3v) is 13.2. The Kier molecular flexibility index (Phi) is 14.8. The highest BCUT2D eigenvalue weighted by atomic mass is 35.5. The molecule has 13 nitrogen and oxygen atoms in total. The number of ether oxygens (including phenoxy) is 2. The number of hydrogen-bond acceptors (Lipinski definition) is 11. The number of ketones is 2. The number of likely N-dealkylation sites (tertiary alicyclic amines) is 2. The molecular weight excluding hydrogens is 810 g/mol. The fraction of sp³-hybridized carbons (Fsp3) is 0.512. The van der Waals surface area contributed by atoms with Crippen LogP contribution in [-0.2, 0) is 32.1 Å². The van der Waals surface area contributed by atoms with Crippen LogP contribution in [0.15, 0.2) is 53.5 Å². The molecule has 0 bridgehead atoms. The normalized spacial score (nSPS) is 18.3. The molecule has 4 aromatic rings. The lowest BCUT2D eigenvalue weighted by Gasteiger charge is -2.32. The first-order valence-electron chi connectivity index (χ1n) is 20.2. The van der Waals surface area contributed by atoms with Gasteiger partial charge in [-0.25, -0.2) is 14.8 Å². The number of nitrogens with two attached hydrogens (primary N) is 1. The molecule has 0 unspecified atom stereocenters. The summed E-state index contributed by atoms with van der Waals surface area (Å²) >= 11 is 9.01. The van der Waals surface area contributed by atoms with Gasteiger partial charge in [0.05, 0.1) is 46.1 Å². The molecule has 2 fully saturated rings. The molecule has 2 amide bonds. The van der Waals surface area contributed by atoms with Crippen molar-refractivity contribution in [3.63, 3.8) is 0 Å². The number of benzene rings is 2. The van der Waals surface area contributed by atoms with Crippen LogP contribution in [0.3, 0.4) is 0 Å². The number of rotatable bonds is 15. The number of aliphatic imine (C=N–C) groups is 1. The summed E-state index contributed by atoms with van der Waals surface area (Å²) in [5.41, 5.74) is 7.63. The second-order valence-corrected chi connectivity index (χ2v) is 18.9. The highest BCUT2D eigenvalue weighted by Gasteiger charge is 2.42. The number of guanidine groups is 1. The van der Waals surface area contributed by atoms with E-state index >= 15 is 0 Å². The third-order valence-electron chi connectivity index (χ3n) is 10.7. The van der Waals surface area contributed by atoms with Gasteiger partial charge in [-0.3, -0.25) is 19.4 Å². The van der Waals surface area contributed by atoms with E-state index in [1.807, 2.05) is 64.1 Å². The summed E-state index contributed by atoms with van der Waals surface area (Å²) < 4.78 is 12.8. The number of piperidine rings is 1. The van der Waals surface area contributed by atoms with Crippen molar-refractivity contribution in [1.82, 2.24) is 25.1 Å². The molecule has 0 aliphatic carbocycles. The van der Waals surface area contributed by atoms with Crippen LogP contribution in [-0.4, -0.2) is 100 Å². The minimum atomic E-state index is -0.778. The molecule has 4 heterocycles. The van der Waals surface area contributed by atoms with Gasteiger partial charge in [0.25, 0.3) is 0 Å². The van der Waals surface area contributed by atoms with Crippen molar-refractivity contribution in [2.45, 2.75) is 103 Å². The second-order valence-electron chi connectivity index (χ2n) is 16.2. The molecule has 6 rings (SSSR count). The first-order chi connectivity index (χ1) is 28.2. The van der Waals surface area contributed by atoms with E-state index in [0.29, 0.717) is 67.2 Å². The number of halogens is 1. The molecule has 2 saturated heterocycles. The van der Waals surface area contributed by atoms with Gasteiger partial charge in [-0.1, -0.05) is 35.9 Å². The predicted molar refractivity (Wildman–Crippen MR) is 232 cm³/mol. The highest BCUT2D eigenvalue weighted by Crippen LogP contribution is 2.34. The number of Topliss-reactive ketones (excluding diaryl/α,β-unsaturated/α-hetero) is 2. The summed E-state index contributed by atoms with van der Waals surface area (Å²) in [4.78, 5) is 73.4. The largest absolute Gasteiger partial charge is 0.444 e. The molecule has 2 aliphatic rings. The molecule has 2 aromatic carbocycles. The SMILES string of the molecule is CN=C(N)NCCC[C@H](CC(=O)[C@@H]1C[C@@H](OCc2ccc(Cl)cc2)CN1C(=O)Cc1nc(C2CCN(C(=O)OC(C)(C)C)CC2)sc1C)C(=O)c1nc2ccccc2s1. The van der Waals surface area contributed by atoms with Crippen molar-refractivity contribution in [2.75, 3.05) is 33.2 Å². The molecule has 0 radical (unpaired) electrons. The maximum absolute atomic E-state index is 14.5. The number of carbonyl (C=O) groups is 4. The van der Waals surface area contributed by atoms with E-state index in [9.17, 15) is 19.2 Å². The molecule has 16 heteroatoms. The number of carbonyl (C=O) groups excluding carboxylic acids is 4. The van der Waals surface area contributed by atoms with Crippen LogP contribution >= 0.6 is 34.3 Å². The molecule has 2 aromatic heterocycles. The lowest BCUT2D eigenvalue weighted by atomic mass is 9.90. The van der Waals surface area contributed by atoms with Crippen molar-refractivity contribution in [2.24, 2.45) is 16.6 Å². The van der Waals surface area contributed by atoms with Crippen molar-refractivity contribution in [3.8, 4) is 0 Å². The van der Waals surface area contributed by atoms with Crippen LogP contribution < -0.4 is 11.1 Å². The van der Waals surface area contributed by atoms with Crippen LogP contribution in [0.4, 0.5) is 4.79 Å². The van der Waals surface area contributed by atoms with Crippen LogP contribution in [0.2, 0.25) is 5.02 Å². The van der Waals surface area contributed by atoms with Gasteiger partial charge in [-0.15, -0.1) is 22.7 Å². The van der Waals surface area contributed by atoms with E-state index in [-0.39, 0.29) is 48.9 Å². The Hall–Kier alpha value is -4.44.